The Morgan fingerprint density at radius 1 is 1.06 bits per heavy atom. The van der Waals surface area contributed by atoms with Crippen LogP contribution in [0.25, 0.3) is 11.2 Å². The number of benzene rings is 2. The number of pyridine rings is 1. The number of halogens is 1. The van der Waals surface area contributed by atoms with Gasteiger partial charge in [-0.2, -0.15) is 5.26 Å². The molecule has 4 nitrogen and oxygen atoms in total. The molecule has 0 atom stereocenters. The summed E-state index contributed by atoms with van der Waals surface area (Å²) in [5, 5.41) is 10.1. The molecule has 5 heteroatoms. The highest BCUT2D eigenvalue weighted by molar-refractivity contribution is 5.89. The van der Waals surface area contributed by atoms with Crippen molar-refractivity contribution in [3.05, 3.63) is 106 Å². The van der Waals surface area contributed by atoms with E-state index < -0.39 is 0 Å². The van der Waals surface area contributed by atoms with Crippen LogP contribution < -0.4 is 4.74 Å². The number of imidazole rings is 1. The van der Waals surface area contributed by atoms with Crippen LogP contribution in [0.15, 0.2) is 66.4 Å². The number of fused-ring (bicyclic) bond motifs is 3. The van der Waals surface area contributed by atoms with Gasteiger partial charge in [-0.05, 0) is 72.6 Å². The molecule has 0 saturated heterocycles. The van der Waals surface area contributed by atoms with Crippen LogP contribution in [0.4, 0.5) is 4.39 Å². The lowest BCUT2D eigenvalue weighted by atomic mass is 9.87. The smallest absolute Gasteiger partial charge is 0.137 e. The first-order valence-electron chi connectivity index (χ1n) is 12.3. The first-order chi connectivity index (χ1) is 17.2. The van der Waals surface area contributed by atoms with Crippen molar-refractivity contribution >= 4 is 11.2 Å². The lowest BCUT2D eigenvalue weighted by Crippen LogP contribution is -2.02. The number of nitriles is 1. The van der Waals surface area contributed by atoms with Gasteiger partial charge < -0.3 is 9.14 Å². The van der Waals surface area contributed by atoms with Gasteiger partial charge in [0.1, 0.15) is 23.8 Å². The first-order valence-corrected chi connectivity index (χ1v) is 12.3. The monoisotopic (exact) mass is 461 g/mol. The zero-order chi connectivity index (χ0) is 23.5. The van der Waals surface area contributed by atoms with Crippen LogP contribution in [0, 0.1) is 23.1 Å². The molecule has 1 aliphatic heterocycles. The highest BCUT2D eigenvalue weighted by Crippen LogP contribution is 2.46. The molecule has 0 N–H and O–H groups in total. The maximum Gasteiger partial charge on any atom is 0.137 e. The third-order valence-corrected chi connectivity index (χ3v) is 7.41. The lowest BCUT2D eigenvalue weighted by Gasteiger charge is -2.14. The highest BCUT2D eigenvalue weighted by atomic mass is 19.1. The Kier molecular flexibility index (Phi) is 4.57. The van der Waals surface area contributed by atoms with Gasteiger partial charge in [0.2, 0.25) is 0 Å². The highest BCUT2D eigenvalue weighted by Gasteiger charge is 2.33. The average Bonchev–Trinajstić information content (AvgIpc) is 3.79. The Bertz CT molecular complexity index is 1570. The molecule has 2 aromatic heterocycles. The molecule has 2 aliphatic carbocycles. The Balaban J connectivity index is 1.35. The number of aromatic nitrogens is 2. The van der Waals surface area contributed by atoms with Crippen LogP contribution >= 0.6 is 0 Å². The lowest BCUT2D eigenvalue weighted by molar-refractivity contribution is 0.305. The van der Waals surface area contributed by atoms with E-state index in [4.69, 9.17) is 9.72 Å². The van der Waals surface area contributed by atoms with E-state index in [0.717, 1.165) is 52.7 Å². The molecule has 0 bridgehead atoms. The molecular weight excluding hydrogens is 437 g/mol. The van der Waals surface area contributed by atoms with Crippen molar-refractivity contribution in [1.29, 1.82) is 5.26 Å². The quantitative estimate of drug-likeness (QED) is 0.323. The maximum atomic E-state index is 14.1. The van der Waals surface area contributed by atoms with E-state index in [-0.39, 0.29) is 11.7 Å². The van der Waals surface area contributed by atoms with E-state index in [1.54, 1.807) is 6.07 Å². The summed E-state index contributed by atoms with van der Waals surface area (Å²) in [6.45, 7) is 0.342. The number of hydrogen-bond donors (Lipinski definition) is 0. The summed E-state index contributed by atoms with van der Waals surface area (Å²) in [6, 6.07) is 19.7. The number of nitrogens with zero attached hydrogens (tertiary/aromatic N) is 3. The summed E-state index contributed by atoms with van der Waals surface area (Å²) < 4.78 is 22.4. The second-order valence-corrected chi connectivity index (χ2v) is 9.92. The van der Waals surface area contributed by atoms with Crippen molar-refractivity contribution in [3.8, 4) is 11.8 Å². The molecule has 172 valence electrons. The van der Waals surface area contributed by atoms with E-state index in [0.29, 0.717) is 18.3 Å². The minimum absolute atomic E-state index is 0.276. The Hall–Kier alpha value is -3.91. The molecule has 0 amide bonds. The topological polar surface area (TPSA) is 50.3 Å². The molecule has 2 saturated carbocycles. The molecule has 4 aromatic rings. The fourth-order valence-electron chi connectivity index (χ4n) is 5.37. The molecule has 3 aliphatic rings. The fraction of sp³-hybridized carbons (Fsp3) is 0.267. The molecule has 35 heavy (non-hydrogen) atoms. The maximum absolute atomic E-state index is 14.1. The predicted octanol–water partition coefficient (Wildman–Crippen LogP) is 6.57. The first kappa shape index (κ1) is 20.5. The van der Waals surface area contributed by atoms with Gasteiger partial charge in [0.25, 0.3) is 0 Å². The van der Waals surface area contributed by atoms with Crippen molar-refractivity contribution in [3.63, 3.8) is 0 Å². The van der Waals surface area contributed by atoms with Gasteiger partial charge in [0.05, 0.1) is 17.5 Å². The number of rotatable bonds is 4. The largest absolute Gasteiger partial charge is 0.488 e. The summed E-state index contributed by atoms with van der Waals surface area (Å²) >= 11 is 0. The normalized spacial score (nSPS) is 18.3. The zero-order valence-electron chi connectivity index (χ0n) is 19.3. The van der Waals surface area contributed by atoms with Crippen LogP contribution in [0.2, 0.25) is 0 Å². The number of ether oxygens (including phenoxy) is 1. The van der Waals surface area contributed by atoms with E-state index >= 15 is 0 Å². The van der Waals surface area contributed by atoms with Gasteiger partial charge in [-0.1, -0.05) is 24.3 Å². The fourth-order valence-corrected chi connectivity index (χ4v) is 5.37. The summed E-state index contributed by atoms with van der Waals surface area (Å²) in [7, 11) is 0. The summed E-state index contributed by atoms with van der Waals surface area (Å²) in [6.07, 6.45) is 7.33. The van der Waals surface area contributed by atoms with E-state index in [1.165, 1.54) is 41.9 Å². The molecule has 2 aromatic carbocycles. The average molecular weight is 462 g/mol. The third kappa shape index (κ3) is 3.52. The van der Waals surface area contributed by atoms with Gasteiger partial charge in [-0.25, -0.2) is 9.37 Å². The molecule has 0 spiro atoms. The summed E-state index contributed by atoms with van der Waals surface area (Å²) in [4.78, 5) is 4.94. The summed E-state index contributed by atoms with van der Waals surface area (Å²) in [5.41, 5.74) is 9.18. The van der Waals surface area contributed by atoms with Gasteiger partial charge >= 0.3 is 0 Å². The summed E-state index contributed by atoms with van der Waals surface area (Å²) in [5.74, 6) is 1.01. The van der Waals surface area contributed by atoms with E-state index in [9.17, 15) is 9.65 Å². The molecule has 7 rings (SSSR count). The van der Waals surface area contributed by atoms with Crippen molar-refractivity contribution < 1.29 is 9.13 Å². The van der Waals surface area contributed by atoms with Gasteiger partial charge in [0, 0.05) is 41.3 Å². The number of allylic oxidation sites excluding steroid dienone is 1. The van der Waals surface area contributed by atoms with Crippen molar-refractivity contribution in [1.82, 2.24) is 9.38 Å². The molecule has 2 fully saturated rings. The Morgan fingerprint density at radius 2 is 1.91 bits per heavy atom. The number of hydrogen-bond acceptors (Lipinski definition) is 3. The molecule has 3 heterocycles. The standard InChI is InChI=1S/C30H24FN3O/c31-22-9-11-24-27(15-22)35-17-21-13-18(4-10-23(21)29(24)25(16-32)19-5-6-19)14-26-30(20-7-8-20)33-28-3-1-2-12-34(26)28/h1-4,9-13,15,19-20H,5-8,14,17H2. The van der Waals surface area contributed by atoms with Crippen LogP contribution in [-0.2, 0) is 13.0 Å². The van der Waals surface area contributed by atoms with Crippen LogP contribution in [0.1, 0.15) is 65.2 Å². The minimum Gasteiger partial charge on any atom is -0.488 e. The minimum atomic E-state index is -0.333. The van der Waals surface area contributed by atoms with Gasteiger partial charge in [0.15, 0.2) is 0 Å². The molecule has 0 unspecified atom stereocenters. The predicted molar refractivity (Wildman–Crippen MR) is 132 cm³/mol. The van der Waals surface area contributed by atoms with E-state index in [2.05, 4.69) is 47.0 Å². The third-order valence-electron chi connectivity index (χ3n) is 7.41. The Morgan fingerprint density at radius 3 is 2.71 bits per heavy atom. The molecule has 0 radical (unpaired) electrons. The Labute approximate surface area is 203 Å². The van der Waals surface area contributed by atoms with Crippen molar-refractivity contribution in [2.75, 3.05) is 0 Å². The van der Waals surface area contributed by atoms with Gasteiger partial charge in [-0.15, -0.1) is 0 Å². The van der Waals surface area contributed by atoms with Crippen LogP contribution in [-0.4, -0.2) is 9.38 Å². The zero-order valence-corrected chi connectivity index (χ0v) is 19.3. The van der Waals surface area contributed by atoms with Crippen molar-refractivity contribution in [2.45, 2.75) is 44.6 Å². The second kappa shape index (κ2) is 7.81. The SMILES string of the molecule is N#CC(=C1c2ccc(Cc3c(C4CC4)nc4ccccn34)cc2COc2cc(F)ccc21)C1CC1. The van der Waals surface area contributed by atoms with Gasteiger partial charge in [-0.3, -0.25) is 0 Å². The van der Waals surface area contributed by atoms with Crippen LogP contribution in [0.3, 0.4) is 0 Å². The molecular formula is C30H24FN3O. The second-order valence-electron chi connectivity index (χ2n) is 9.92. The van der Waals surface area contributed by atoms with Crippen molar-refractivity contribution in [2.24, 2.45) is 5.92 Å². The van der Waals surface area contributed by atoms with Crippen LogP contribution in [0.5, 0.6) is 5.75 Å². The van der Waals surface area contributed by atoms with E-state index in [1.807, 2.05) is 6.07 Å².